The van der Waals surface area contributed by atoms with Crippen LogP contribution in [0, 0.1) is 11.8 Å². The topological polar surface area (TPSA) is 55.5 Å². The number of nitrogens with two attached hydrogens (primary N) is 1. The van der Waals surface area contributed by atoms with Crippen molar-refractivity contribution < 1.29 is 9.84 Å². The van der Waals surface area contributed by atoms with Gasteiger partial charge in [0, 0.05) is 12.6 Å². The van der Waals surface area contributed by atoms with Crippen molar-refractivity contribution in [1.82, 2.24) is 0 Å². The summed E-state index contributed by atoms with van der Waals surface area (Å²) in [6.07, 6.45) is 3.14. The lowest BCUT2D eigenvalue weighted by Gasteiger charge is -2.30. The van der Waals surface area contributed by atoms with Crippen molar-refractivity contribution in [1.29, 1.82) is 0 Å². The van der Waals surface area contributed by atoms with Crippen molar-refractivity contribution in [2.75, 3.05) is 6.61 Å². The van der Waals surface area contributed by atoms with Gasteiger partial charge in [0.05, 0.1) is 11.7 Å². The first-order chi connectivity index (χ1) is 7.35. The minimum Gasteiger partial charge on any atom is -0.396 e. The molecule has 96 valence electrons. The van der Waals surface area contributed by atoms with Crippen LogP contribution in [0.5, 0.6) is 0 Å². The smallest absolute Gasteiger partial charge is 0.0761 e. The third-order valence-corrected chi connectivity index (χ3v) is 3.48. The standard InChI is InChI=1S/C13H27NO2/c1-9-10(6-5-7-15)8-11(14)12(9)16-13(2,3)4/h9-12,15H,5-8,14H2,1-4H3/t9-,10+,11-,12-/m1/s1. The lowest BCUT2D eigenvalue weighted by Crippen LogP contribution is -2.40. The molecular weight excluding hydrogens is 202 g/mol. The fourth-order valence-corrected chi connectivity index (χ4v) is 2.69. The monoisotopic (exact) mass is 229 g/mol. The Balaban J connectivity index is 2.53. The molecule has 0 bridgehead atoms. The average Bonchev–Trinajstić information content (AvgIpc) is 2.40. The number of hydrogen-bond donors (Lipinski definition) is 2. The van der Waals surface area contributed by atoms with Crippen LogP contribution in [0.4, 0.5) is 0 Å². The zero-order chi connectivity index (χ0) is 12.3. The highest BCUT2D eigenvalue weighted by molar-refractivity contribution is 4.93. The predicted molar refractivity (Wildman–Crippen MR) is 66.2 cm³/mol. The van der Waals surface area contributed by atoms with E-state index >= 15 is 0 Å². The van der Waals surface area contributed by atoms with Gasteiger partial charge in [-0.2, -0.15) is 0 Å². The van der Waals surface area contributed by atoms with E-state index in [1.54, 1.807) is 0 Å². The molecule has 0 amide bonds. The quantitative estimate of drug-likeness (QED) is 0.774. The SMILES string of the molecule is C[C@@H]1[C@@H](CCCO)C[C@@H](N)[C@@H]1OC(C)(C)C. The highest BCUT2D eigenvalue weighted by atomic mass is 16.5. The first kappa shape index (κ1) is 13.9. The van der Waals surface area contributed by atoms with E-state index in [-0.39, 0.29) is 24.4 Å². The summed E-state index contributed by atoms with van der Waals surface area (Å²) in [5.74, 6) is 1.11. The molecule has 0 spiro atoms. The highest BCUT2D eigenvalue weighted by Crippen LogP contribution is 2.37. The molecule has 1 aliphatic carbocycles. The van der Waals surface area contributed by atoms with Crippen molar-refractivity contribution in [2.24, 2.45) is 17.6 Å². The fraction of sp³-hybridized carbons (Fsp3) is 1.00. The Morgan fingerprint density at radius 3 is 2.50 bits per heavy atom. The summed E-state index contributed by atoms with van der Waals surface area (Å²) >= 11 is 0. The molecule has 0 saturated heterocycles. The Morgan fingerprint density at radius 1 is 1.38 bits per heavy atom. The Hall–Kier alpha value is -0.120. The molecule has 0 aromatic carbocycles. The summed E-state index contributed by atoms with van der Waals surface area (Å²) in [5, 5.41) is 8.87. The Bertz CT molecular complexity index is 212. The van der Waals surface area contributed by atoms with Crippen molar-refractivity contribution in [3.8, 4) is 0 Å². The van der Waals surface area contributed by atoms with E-state index in [4.69, 9.17) is 15.6 Å². The van der Waals surface area contributed by atoms with Crippen LogP contribution in [0.25, 0.3) is 0 Å². The summed E-state index contributed by atoms with van der Waals surface area (Å²) in [5.41, 5.74) is 6.03. The van der Waals surface area contributed by atoms with E-state index < -0.39 is 0 Å². The predicted octanol–water partition coefficient (Wildman–Crippen LogP) is 1.93. The van der Waals surface area contributed by atoms with Crippen molar-refractivity contribution in [3.05, 3.63) is 0 Å². The molecular formula is C13H27NO2. The Labute approximate surface area is 99.4 Å². The molecule has 3 nitrogen and oxygen atoms in total. The molecule has 0 unspecified atom stereocenters. The van der Waals surface area contributed by atoms with Gasteiger partial charge in [0.25, 0.3) is 0 Å². The molecule has 3 heteroatoms. The zero-order valence-corrected chi connectivity index (χ0v) is 11.1. The van der Waals surface area contributed by atoms with E-state index in [1.807, 2.05) is 0 Å². The molecule has 0 aromatic heterocycles. The third-order valence-electron chi connectivity index (χ3n) is 3.48. The second-order valence-corrected chi connectivity index (χ2v) is 6.08. The lowest BCUT2D eigenvalue weighted by atomic mass is 9.92. The van der Waals surface area contributed by atoms with Gasteiger partial charge in [-0.1, -0.05) is 6.92 Å². The maximum absolute atomic E-state index is 8.87. The van der Waals surface area contributed by atoms with Crippen LogP contribution < -0.4 is 5.73 Å². The van der Waals surface area contributed by atoms with Crippen LogP contribution in [-0.4, -0.2) is 29.5 Å². The minimum absolute atomic E-state index is 0.123. The molecule has 16 heavy (non-hydrogen) atoms. The number of rotatable bonds is 4. The molecule has 0 aliphatic heterocycles. The maximum Gasteiger partial charge on any atom is 0.0761 e. The number of ether oxygens (including phenoxy) is 1. The summed E-state index contributed by atoms with van der Waals surface area (Å²) in [4.78, 5) is 0. The largest absolute Gasteiger partial charge is 0.396 e. The van der Waals surface area contributed by atoms with Gasteiger partial charge in [0.2, 0.25) is 0 Å². The van der Waals surface area contributed by atoms with Gasteiger partial charge in [-0.3, -0.25) is 0 Å². The van der Waals surface area contributed by atoms with Gasteiger partial charge in [-0.15, -0.1) is 0 Å². The van der Waals surface area contributed by atoms with Gasteiger partial charge in [0.1, 0.15) is 0 Å². The molecule has 1 fully saturated rings. The third kappa shape index (κ3) is 3.72. The van der Waals surface area contributed by atoms with Crippen LogP contribution in [0.15, 0.2) is 0 Å². The molecule has 3 N–H and O–H groups in total. The molecule has 1 rings (SSSR count). The van der Waals surface area contributed by atoms with Gasteiger partial charge < -0.3 is 15.6 Å². The minimum atomic E-state index is -0.123. The molecule has 0 aromatic rings. The average molecular weight is 229 g/mol. The molecule has 1 saturated carbocycles. The Morgan fingerprint density at radius 2 is 2.00 bits per heavy atom. The van der Waals surface area contributed by atoms with Crippen molar-refractivity contribution in [3.63, 3.8) is 0 Å². The van der Waals surface area contributed by atoms with Crippen LogP contribution >= 0.6 is 0 Å². The van der Waals surface area contributed by atoms with Crippen LogP contribution in [0.2, 0.25) is 0 Å². The van der Waals surface area contributed by atoms with Crippen LogP contribution in [-0.2, 0) is 4.74 Å². The first-order valence-electron chi connectivity index (χ1n) is 6.39. The van der Waals surface area contributed by atoms with E-state index in [0.717, 1.165) is 19.3 Å². The fourth-order valence-electron chi connectivity index (χ4n) is 2.69. The summed E-state index contributed by atoms with van der Waals surface area (Å²) in [7, 11) is 0. The summed E-state index contributed by atoms with van der Waals surface area (Å²) in [6.45, 7) is 8.74. The second kappa shape index (κ2) is 5.48. The van der Waals surface area contributed by atoms with Gasteiger partial charge in [0.15, 0.2) is 0 Å². The number of aliphatic hydroxyl groups is 1. The number of hydrogen-bond acceptors (Lipinski definition) is 3. The van der Waals surface area contributed by atoms with E-state index in [0.29, 0.717) is 11.8 Å². The molecule has 0 heterocycles. The first-order valence-corrected chi connectivity index (χ1v) is 6.39. The highest BCUT2D eigenvalue weighted by Gasteiger charge is 2.40. The van der Waals surface area contributed by atoms with Crippen molar-refractivity contribution >= 4 is 0 Å². The summed E-state index contributed by atoms with van der Waals surface area (Å²) in [6, 6.07) is 0.151. The van der Waals surface area contributed by atoms with Gasteiger partial charge >= 0.3 is 0 Å². The normalized spacial score (nSPS) is 35.6. The van der Waals surface area contributed by atoms with Gasteiger partial charge in [-0.05, 0) is 51.9 Å². The van der Waals surface area contributed by atoms with Crippen molar-refractivity contribution in [2.45, 2.75) is 64.7 Å². The van der Waals surface area contributed by atoms with Crippen LogP contribution in [0.3, 0.4) is 0 Å². The summed E-state index contributed by atoms with van der Waals surface area (Å²) < 4.78 is 6.05. The lowest BCUT2D eigenvalue weighted by molar-refractivity contribution is -0.0817. The second-order valence-electron chi connectivity index (χ2n) is 6.08. The molecule has 0 radical (unpaired) electrons. The van der Waals surface area contributed by atoms with Gasteiger partial charge in [-0.25, -0.2) is 0 Å². The number of aliphatic hydroxyl groups excluding tert-OH is 1. The molecule has 4 atom stereocenters. The maximum atomic E-state index is 8.87. The van der Waals surface area contributed by atoms with E-state index in [2.05, 4.69) is 27.7 Å². The zero-order valence-electron chi connectivity index (χ0n) is 11.1. The van der Waals surface area contributed by atoms with Crippen LogP contribution in [0.1, 0.15) is 47.0 Å². The molecule has 1 aliphatic rings. The Kier molecular flexibility index (Phi) is 4.77. The van der Waals surface area contributed by atoms with E-state index in [1.165, 1.54) is 0 Å². The van der Waals surface area contributed by atoms with E-state index in [9.17, 15) is 0 Å².